The number of Topliss-reactive ketones (excluding diaryl/α,β-unsaturated/α-hetero) is 1. The smallest absolute Gasteiger partial charge is 0.408 e. The third-order valence-electron chi connectivity index (χ3n) is 7.85. The summed E-state index contributed by atoms with van der Waals surface area (Å²) in [6.07, 6.45) is 2.64. The maximum Gasteiger partial charge on any atom is 0.408 e. The number of fused-ring (bicyclic) bond motifs is 5. The molecule has 2 aliphatic heterocycles. The number of aromatic nitrogens is 2. The van der Waals surface area contributed by atoms with Gasteiger partial charge in [-0.15, -0.1) is 0 Å². The molecule has 4 heterocycles. The van der Waals surface area contributed by atoms with E-state index in [4.69, 9.17) is 14.5 Å². The van der Waals surface area contributed by atoms with Crippen molar-refractivity contribution in [3.63, 3.8) is 0 Å². The van der Waals surface area contributed by atoms with Crippen molar-refractivity contribution >= 4 is 28.7 Å². The Hall–Kier alpha value is -4.21. The average molecular weight is 548 g/mol. The molecular formula is C30H33N3O7. The Morgan fingerprint density at radius 2 is 1.95 bits per heavy atom. The van der Waals surface area contributed by atoms with E-state index in [9.17, 15) is 24.3 Å². The Bertz CT molecular complexity index is 1590. The van der Waals surface area contributed by atoms with Crippen LogP contribution >= 0.6 is 0 Å². The molecule has 2 N–H and O–H groups in total. The molecule has 3 aromatic rings. The predicted octanol–water partition coefficient (Wildman–Crippen LogP) is 4.23. The summed E-state index contributed by atoms with van der Waals surface area (Å²) in [5.74, 6) is -0.454. The van der Waals surface area contributed by atoms with Crippen LogP contribution in [0.2, 0.25) is 0 Å². The number of amides is 1. The van der Waals surface area contributed by atoms with Crippen LogP contribution in [-0.4, -0.2) is 39.0 Å². The summed E-state index contributed by atoms with van der Waals surface area (Å²) in [6.45, 7) is 5.68. The number of aromatic hydroxyl groups is 1. The van der Waals surface area contributed by atoms with E-state index in [1.165, 1.54) is 0 Å². The molecular weight excluding hydrogens is 514 g/mol. The van der Waals surface area contributed by atoms with E-state index in [1.54, 1.807) is 42.7 Å². The molecule has 210 valence electrons. The van der Waals surface area contributed by atoms with Crippen LogP contribution in [0.15, 0.2) is 29.1 Å². The number of carbonyl (C=O) groups is 3. The number of carbonyl (C=O) groups excluding carboxylic acids is 3. The number of cyclic esters (lactones) is 1. The summed E-state index contributed by atoms with van der Waals surface area (Å²) in [5.41, 5.74) is 2.24. The van der Waals surface area contributed by atoms with Gasteiger partial charge in [-0.25, -0.2) is 14.6 Å². The van der Waals surface area contributed by atoms with Crippen LogP contribution in [0.25, 0.3) is 22.3 Å². The second-order valence-corrected chi connectivity index (χ2v) is 10.4. The Labute approximate surface area is 231 Å². The standard InChI is InChI=1S/C30H33N3O7/c1-4-19-20-13-18(35)10-11-24(20)32-26-21(19)15-33-25(26)14-23-22(27(33)36)16-39-28(37)30(23,5-2)40-29(38)31-12-8-6-7-9-17(3)34/h10-11,13-14,35H,4-9,12,15-16H2,1-3H3,(H,31,38)/t30-/m0/s1. The summed E-state index contributed by atoms with van der Waals surface area (Å²) < 4.78 is 12.8. The first kappa shape index (κ1) is 27.4. The monoisotopic (exact) mass is 547 g/mol. The predicted molar refractivity (Wildman–Crippen MR) is 147 cm³/mol. The average Bonchev–Trinajstić information content (AvgIpc) is 3.29. The molecule has 2 aliphatic rings. The molecule has 0 unspecified atom stereocenters. The summed E-state index contributed by atoms with van der Waals surface area (Å²) >= 11 is 0. The molecule has 1 aromatic carbocycles. The van der Waals surface area contributed by atoms with Gasteiger partial charge in [-0.2, -0.15) is 0 Å². The number of esters is 1. The summed E-state index contributed by atoms with van der Waals surface area (Å²) in [6, 6.07) is 6.73. The number of hydrogen-bond donors (Lipinski definition) is 2. The van der Waals surface area contributed by atoms with Crippen LogP contribution in [0.1, 0.15) is 75.1 Å². The van der Waals surface area contributed by atoms with Crippen molar-refractivity contribution in [3.05, 3.63) is 56.9 Å². The summed E-state index contributed by atoms with van der Waals surface area (Å²) in [5, 5.41) is 13.6. The normalized spacial score (nSPS) is 17.1. The van der Waals surface area contributed by atoms with Crippen molar-refractivity contribution in [1.82, 2.24) is 14.9 Å². The number of hydrogen-bond acceptors (Lipinski definition) is 8. The molecule has 0 aliphatic carbocycles. The number of ether oxygens (including phenoxy) is 2. The van der Waals surface area contributed by atoms with Gasteiger partial charge in [0.25, 0.3) is 5.56 Å². The molecule has 1 amide bonds. The van der Waals surface area contributed by atoms with Crippen molar-refractivity contribution in [2.75, 3.05) is 6.54 Å². The van der Waals surface area contributed by atoms with Crippen LogP contribution in [-0.2, 0) is 44.2 Å². The molecule has 0 bridgehead atoms. The largest absolute Gasteiger partial charge is 0.508 e. The second-order valence-electron chi connectivity index (χ2n) is 10.4. The molecule has 0 saturated heterocycles. The molecule has 10 heteroatoms. The third kappa shape index (κ3) is 4.61. The first-order valence-electron chi connectivity index (χ1n) is 13.8. The SMILES string of the molecule is CCc1c2c(nc3ccc(O)cc13)-c1cc3c(c(=O)n1C2)COC(=O)[C@@]3(CC)OC(=O)NCCCCCC(C)=O. The zero-order valence-corrected chi connectivity index (χ0v) is 23.0. The van der Waals surface area contributed by atoms with Crippen LogP contribution in [0.3, 0.4) is 0 Å². The molecule has 0 saturated carbocycles. The Balaban J connectivity index is 1.51. The zero-order chi connectivity index (χ0) is 28.6. The van der Waals surface area contributed by atoms with Crippen molar-refractivity contribution in [3.8, 4) is 17.1 Å². The highest BCUT2D eigenvalue weighted by molar-refractivity contribution is 5.90. The lowest BCUT2D eigenvalue weighted by Crippen LogP contribution is -2.49. The second kappa shape index (κ2) is 10.7. The number of rotatable bonds is 9. The molecule has 0 fully saturated rings. The fourth-order valence-corrected chi connectivity index (χ4v) is 5.77. The van der Waals surface area contributed by atoms with E-state index in [-0.39, 0.29) is 35.7 Å². The van der Waals surface area contributed by atoms with Gasteiger partial charge in [0.1, 0.15) is 18.1 Å². The van der Waals surface area contributed by atoms with Crippen LogP contribution in [0, 0.1) is 0 Å². The summed E-state index contributed by atoms with van der Waals surface area (Å²) in [4.78, 5) is 55.7. The van der Waals surface area contributed by atoms with E-state index < -0.39 is 17.7 Å². The minimum Gasteiger partial charge on any atom is -0.508 e. The van der Waals surface area contributed by atoms with Gasteiger partial charge in [0.2, 0.25) is 5.60 Å². The number of nitrogens with zero attached hydrogens (tertiary/aromatic N) is 2. The molecule has 5 rings (SSSR count). The highest BCUT2D eigenvalue weighted by Crippen LogP contribution is 2.42. The fourth-order valence-electron chi connectivity index (χ4n) is 5.77. The van der Waals surface area contributed by atoms with Gasteiger partial charge >= 0.3 is 12.1 Å². The fraction of sp³-hybridized carbons (Fsp3) is 0.433. The molecule has 0 radical (unpaired) electrons. The first-order chi connectivity index (χ1) is 19.2. The van der Waals surface area contributed by atoms with E-state index in [0.29, 0.717) is 54.8 Å². The highest BCUT2D eigenvalue weighted by atomic mass is 16.6. The maximum atomic E-state index is 13.8. The number of unbranched alkanes of at least 4 members (excludes halogenated alkanes) is 2. The van der Waals surface area contributed by atoms with Crippen molar-refractivity contribution in [1.29, 1.82) is 0 Å². The van der Waals surface area contributed by atoms with E-state index in [0.717, 1.165) is 29.4 Å². The van der Waals surface area contributed by atoms with Crippen LogP contribution in [0.4, 0.5) is 4.79 Å². The quantitative estimate of drug-likeness (QED) is 0.235. The minimum absolute atomic E-state index is 0.0747. The van der Waals surface area contributed by atoms with Gasteiger partial charge in [-0.3, -0.25) is 4.79 Å². The topological polar surface area (TPSA) is 137 Å². The van der Waals surface area contributed by atoms with Gasteiger partial charge in [0.15, 0.2) is 0 Å². The van der Waals surface area contributed by atoms with Gasteiger partial charge in [-0.05, 0) is 62.4 Å². The number of ketones is 1. The zero-order valence-electron chi connectivity index (χ0n) is 23.0. The van der Waals surface area contributed by atoms with Crippen molar-refractivity contribution in [2.45, 2.75) is 78.0 Å². The Morgan fingerprint density at radius 3 is 2.67 bits per heavy atom. The van der Waals surface area contributed by atoms with Crippen LogP contribution < -0.4 is 10.9 Å². The molecule has 40 heavy (non-hydrogen) atoms. The molecule has 0 spiro atoms. The number of benzene rings is 1. The van der Waals surface area contributed by atoms with Gasteiger partial charge in [-0.1, -0.05) is 20.3 Å². The Kier molecular flexibility index (Phi) is 7.35. The highest BCUT2D eigenvalue weighted by Gasteiger charge is 2.50. The van der Waals surface area contributed by atoms with Crippen LogP contribution in [0.5, 0.6) is 5.75 Å². The number of nitrogens with one attached hydrogen (secondary N) is 1. The summed E-state index contributed by atoms with van der Waals surface area (Å²) in [7, 11) is 0. The minimum atomic E-state index is -1.78. The molecule has 1 atom stereocenters. The van der Waals surface area contributed by atoms with Crippen molar-refractivity contribution in [2.24, 2.45) is 0 Å². The molecule has 10 nitrogen and oxygen atoms in total. The van der Waals surface area contributed by atoms with Gasteiger partial charge in [0, 0.05) is 29.5 Å². The van der Waals surface area contributed by atoms with E-state index >= 15 is 0 Å². The number of phenolic OH excluding ortho intramolecular Hbond substituents is 1. The first-order valence-corrected chi connectivity index (χ1v) is 13.8. The maximum absolute atomic E-state index is 13.8. The van der Waals surface area contributed by atoms with Crippen molar-refractivity contribution < 1.29 is 29.0 Å². The number of alkyl carbamates (subject to hydrolysis) is 1. The molecule has 2 aromatic heterocycles. The lowest BCUT2D eigenvalue weighted by atomic mass is 9.85. The number of aryl methyl sites for hydroxylation is 1. The third-order valence-corrected chi connectivity index (χ3v) is 7.85. The van der Waals surface area contributed by atoms with E-state index in [1.807, 2.05) is 6.92 Å². The Morgan fingerprint density at radius 1 is 1.15 bits per heavy atom. The van der Waals surface area contributed by atoms with E-state index in [2.05, 4.69) is 5.32 Å². The number of phenols is 1. The van der Waals surface area contributed by atoms with Gasteiger partial charge in [0.05, 0.1) is 29.0 Å². The lowest BCUT2D eigenvalue weighted by Gasteiger charge is -2.35. The lowest BCUT2D eigenvalue weighted by molar-refractivity contribution is -0.172. The number of pyridine rings is 2. The van der Waals surface area contributed by atoms with Gasteiger partial charge < -0.3 is 29.3 Å².